The van der Waals surface area contributed by atoms with Gasteiger partial charge in [-0.05, 0) is 18.8 Å². The molecular weight excluding hydrogens is 216 g/mol. The normalized spacial score (nSPS) is 23.8. The SMILES string of the molecule is CC(C)C(=O)N(C)C1CCCC1CN=C(N)N. The molecule has 4 N–H and O–H groups in total. The smallest absolute Gasteiger partial charge is 0.225 e. The topological polar surface area (TPSA) is 84.7 Å². The molecule has 1 saturated carbocycles. The number of hydrogen-bond donors (Lipinski definition) is 2. The molecule has 0 aliphatic heterocycles. The lowest BCUT2D eigenvalue weighted by atomic mass is 10.0. The minimum absolute atomic E-state index is 0.0457. The van der Waals surface area contributed by atoms with Gasteiger partial charge in [0.25, 0.3) is 0 Å². The second-order valence-corrected chi connectivity index (χ2v) is 5.13. The Labute approximate surface area is 103 Å². The van der Waals surface area contributed by atoms with Gasteiger partial charge in [0.1, 0.15) is 0 Å². The van der Waals surface area contributed by atoms with Crippen molar-refractivity contribution in [1.29, 1.82) is 0 Å². The van der Waals surface area contributed by atoms with Crippen molar-refractivity contribution in [2.75, 3.05) is 13.6 Å². The molecular formula is C12H24N4O. The van der Waals surface area contributed by atoms with E-state index in [1.807, 2.05) is 25.8 Å². The van der Waals surface area contributed by atoms with E-state index in [-0.39, 0.29) is 23.8 Å². The van der Waals surface area contributed by atoms with Crippen molar-refractivity contribution >= 4 is 11.9 Å². The Hall–Kier alpha value is -1.26. The second kappa shape index (κ2) is 5.89. The molecule has 2 atom stereocenters. The molecule has 5 nitrogen and oxygen atoms in total. The monoisotopic (exact) mass is 240 g/mol. The van der Waals surface area contributed by atoms with Crippen LogP contribution < -0.4 is 11.5 Å². The third kappa shape index (κ3) is 3.61. The maximum atomic E-state index is 12.0. The van der Waals surface area contributed by atoms with Gasteiger partial charge in [0, 0.05) is 25.6 Å². The zero-order valence-corrected chi connectivity index (χ0v) is 11.0. The number of carbonyl (C=O) groups is 1. The Kier molecular flexibility index (Phi) is 4.78. The fourth-order valence-corrected chi connectivity index (χ4v) is 2.53. The number of rotatable bonds is 4. The van der Waals surface area contributed by atoms with E-state index in [1.54, 1.807) is 0 Å². The molecule has 0 aromatic heterocycles. The summed E-state index contributed by atoms with van der Waals surface area (Å²) in [4.78, 5) is 17.9. The first-order valence-electron chi connectivity index (χ1n) is 6.25. The van der Waals surface area contributed by atoms with Crippen LogP contribution in [0.1, 0.15) is 33.1 Å². The number of carbonyl (C=O) groups excluding carboxylic acids is 1. The second-order valence-electron chi connectivity index (χ2n) is 5.13. The number of amides is 1. The van der Waals surface area contributed by atoms with E-state index in [4.69, 9.17) is 11.5 Å². The van der Waals surface area contributed by atoms with Crippen molar-refractivity contribution < 1.29 is 4.79 Å². The average molecular weight is 240 g/mol. The maximum Gasteiger partial charge on any atom is 0.225 e. The highest BCUT2D eigenvalue weighted by Gasteiger charge is 2.33. The zero-order chi connectivity index (χ0) is 13.0. The van der Waals surface area contributed by atoms with Crippen LogP contribution in [-0.4, -0.2) is 36.4 Å². The van der Waals surface area contributed by atoms with Gasteiger partial charge in [-0.3, -0.25) is 9.79 Å². The van der Waals surface area contributed by atoms with E-state index in [0.717, 1.165) is 19.3 Å². The summed E-state index contributed by atoms with van der Waals surface area (Å²) in [6.45, 7) is 4.49. The van der Waals surface area contributed by atoms with Crippen LogP contribution in [0.3, 0.4) is 0 Å². The third-order valence-corrected chi connectivity index (χ3v) is 3.47. The molecule has 1 amide bonds. The minimum atomic E-state index is 0.0457. The summed E-state index contributed by atoms with van der Waals surface area (Å²) >= 11 is 0. The van der Waals surface area contributed by atoms with E-state index in [2.05, 4.69) is 4.99 Å². The lowest BCUT2D eigenvalue weighted by molar-refractivity contribution is -0.135. The fourth-order valence-electron chi connectivity index (χ4n) is 2.53. The Morgan fingerprint density at radius 3 is 2.59 bits per heavy atom. The van der Waals surface area contributed by atoms with Gasteiger partial charge in [0.05, 0.1) is 0 Å². The highest BCUT2D eigenvalue weighted by atomic mass is 16.2. The first kappa shape index (κ1) is 13.8. The largest absolute Gasteiger partial charge is 0.370 e. The van der Waals surface area contributed by atoms with Crippen LogP contribution in [0, 0.1) is 11.8 Å². The molecule has 0 aromatic rings. The summed E-state index contributed by atoms with van der Waals surface area (Å²) < 4.78 is 0. The van der Waals surface area contributed by atoms with E-state index in [0.29, 0.717) is 12.5 Å². The number of aliphatic imine (C=N–C) groups is 1. The molecule has 0 aromatic carbocycles. The lowest BCUT2D eigenvalue weighted by Crippen LogP contribution is -2.42. The van der Waals surface area contributed by atoms with Crippen molar-refractivity contribution in [1.82, 2.24) is 4.90 Å². The van der Waals surface area contributed by atoms with Gasteiger partial charge in [0.2, 0.25) is 5.91 Å². The predicted molar refractivity (Wildman–Crippen MR) is 69.4 cm³/mol. The Morgan fingerprint density at radius 1 is 1.41 bits per heavy atom. The molecule has 1 aliphatic carbocycles. The molecule has 0 saturated heterocycles. The minimum Gasteiger partial charge on any atom is -0.370 e. The molecule has 17 heavy (non-hydrogen) atoms. The van der Waals surface area contributed by atoms with Gasteiger partial charge in [-0.25, -0.2) is 0 Å². The summed E-state index contributed by atoms with van der Waals surface area (Å²) in [5, 5.41) is 0. The predicted octanol–water partition coefficient (Wildman–Crippen LogP) is 0.543. The van der Waals surface area contributed by atoms with Gasteiger partial charge in [-0.2, -0.15) is 0 Å². The van der Waals surface area contributed by atoms with Crippen LogP contribution in [0.4, 0.5) is 0 Å². The maximum absolute atomic E-state index is 12.0. The van der Waals surface area contributed by atoms with Gasteiger partial charge in [-0.1, -0.05) is 20.3 Å². The molecule has 0 spiro atoms. The highest BCUT2D eigenvalue weighted by Crippen LogP contribution is 2.30. The Morgan fingerprint density at radius 2 is 2.06 bits per heavy atom. The first-order valence-corrected chi connectivity index (χ1v) is 6.25. The standard InChI is InChI=1S/C12H24N4O/c1-8(2)11(17)16(3)10-6-4-5-9(10)7-15-12(13)14/h8-10H,4-7H2,1-3H3,(H4,13,14,15). The number of nitrogens with zero attached hydrogens (tertiary/aromatic N) is 2. The van der Waals surface area contributed by atoms with Gasteiger partial charge >= 0.3 is 0 Å². The van der Waals surface area contributed by atoms with E-state index in [9.17, 15) is 4.79 Å². The zero-order valence-electron chi connectivity index (χ0n) is 11.0. The summed E-state index contributed by atoms with van der Waals surface area (Å²) in [5.41, 5.74) is 10.7. The number of nitrogens with two attached hydrogens (primary N) is 2. The summed E-state index contributed by atoms with van der Waals surface area (Å²) in [6, 6.07) is 0.285. The van der Waals surface area contributed by atoms with Crippen LogP contribution in [0.25, 0.3) is 0 Å². The lowest BCUT2D eigenvalue weighted by Gasteiger charge is -2.30. The molecule has 98 valence electrons. The van der Waals surface area contributed by atoms with Gasteiger partial charge in [-0.15, -0.1) is 0 Å². The van der Waals surface area contributed by atoms with Crippen molar-refractivity contribution in [3.63, 3.8) is 0 Å². The molecule has 1 fully saturated rings. The number of hydrogen-bond acceptors (Lipinski definition) is 2. The number of guanidine groups is 1. The van der Waals surface area contributed by atoms with Crippen LogP contribution >= 0.6 is 0 Å². The van der Waals surface area contributed by atoms with Crippen LogP contribution in [0.15, 0.2) is 4.99 Å². The molecule has 5 heteroatoms. The van der Waals surface area contributed by atoms with Crippen molar-refractivity contribution in [3.8, 4) is 0 Å². The van der Waals surface area contributed by atoms with E-state index >= 15 is 0 Å². The van der Waals surface area contributed by atoms with Gasteiger partial charge in [0.15, 0.2) is 5.96 Å². The fraction of sp³-hybridized carbons (Fsp3) is 0.833. The highest BCUT2D eigenvalue weighted by molar-refractivity contribution is 5.78. The molecule has 0 bridgehead atoms. The molecule has 0 heterocycles. The molecule has 0 radical (unpaired) electrons. The van der Waals surface area contributed by atoms with Gasteiger partial charge < -0.3 is 16.4 Å². The summed E-state index contributed by atoms with van der Waals surface area (Å²) in [5.74, 6) is 0.772. The van der Waals surface area contributed by atoms with E-state index in [1.165, 1.54) is 0 Å². The van der Waals surface area contributed by atoms with Crippen molar-refractivity contribution in [3.05, 3.63) is 0 Å². The Bertz CT molecular complexity index is 297. The molecule has 2 unspecified atom stereocenters. The molecule has 1 aliphatic rings. The quantitative estimate of drug-likeness (QED) is 0.555. The summed E-state index contributed by atoms with van der Waals surface area (Å²) in [7, 11) is 1.89. The van der Waals surface area contributed by atoms with Crippen LogP contribution in [-0.2, 0) is 4.79 Å². The van der Waals surface area contributed by atoms with Crippen molar-refractivity contribution in [2.45, 2.75) is 39.2 Å². The third-order valence-electron chi connectivity index (χ3n) is 3.47. The van der Waals surface area contributed by atoms with Crippen LogP contribution in [0.5, 0.6) is 0 Å². The summed E-state index contributed by atoms with van der Waals surface area (Å²) in [6.07, 6.45) is 3.29. The first-order chi connectivity index (χ1) is 7.93. The van der Waals surface area contributed by atoms with E-state index < -0.39 is 0 Å². The molecule has 1 rings (SSSR count). The van der Waals surface area contributed by atoms with Crippen LogP contribution in [0.2, 0.25) is 0 Å². The van der Waals surface area contributed by atoms with Crippen molar-refractivity contribution in [2.24, 2.45) is 28.3 Å². The Balaban J connectivity index is 2.62. The average Bonchev–Trinajstić information content (AvgIpc) is 2.72.